The van der Waals surface area contributed by atoms with Gasteiger partial charge >= 0.3 is 0 Å². The number of fused-ring (bicyclic) bond motifs is 1. The molecule has 2 aromatic carbocycles. The maximum Gasteiger partial charge on any atom is 0.141 e. The van der Waals surface area contributed by atoms with E-state index in [-0.39, 0.29) is 5.02 Å². The van der Waals surface area contributed by atoms with E-state index in [9.17, 15) is 4.39 Å². The summed E-state index contributed by atoms with van der Waals surface area (Å²) >= 11 is 5.74. The summed E-state index contributed by atoms with van der Waals surface area (Å²) in [7, 11) is 0. The minimum atomic E-state index is -0.403. The Morgan fingerprint density at radius 3 is 2.84 bits per heavy atom. The predicted octanol–water partition coefficient (Wildman–Crippen LogP) is 4.57. The Labute approximate surface area is 115 Å². The molecule has 0 aliphatic heterocycles. The molecule has 19 heavy (non-hydrogen) atoms. The fraction of sp³-hybridized carbons (Fsp3) is 0.0667. The van der Waals surface area contributed by atoms with Gasteiger partial charge in [-0.25, -0.2) is 4.39 Å². The predicted molar refractivity (Wildman–Crippen MR) is 77.0 cm³/mol. The molecule has 0 aliphatic rings. The lowest BCUT2D eigenvalue weighted by Gasteiger charge is -2.07. The zero-order chi connectivity index (χ0) is 13.2. The SMILES string of the molecule is Fc1ccc(NCc2ccc3cc[nH]c3c2)cc1Cl. The first-order chi connectivity index (χ1) is 9.22. The van der Waals surface area contributed by atoms with Gasteiger partial charge in [-0.05, 0) is 41.3 Å². The summed E-state index contributed by atoms with van der Waals surface area (Å²) < 4.78 is 13.0. The first kappa shape index (κ1) is 12.1. The molecular formula is C15H12ClFN2. The van der Waals surface area contributed by atoms with E-state index in [0.717, 1.165) is 16.8 Å². The summed E-state index contributed by atoms with van der Waals surface area (Å²) in [6.07, 6.45) is 1.92. The van der Waals surface area contributed by atoms with Crippen molar-refractivity contribution in [1.29, 1.82) is 0 Å². The quantitative estimate of drug-likeness (QED) is 0.719. The highest BCUT2D eigenvalue weighted by Gasteiger charge is 2.01. The minimum Gasteiger partial charge on any atom is -0.381 e. The molecule has 0 radical (unpaired) electrons. The van der Waals surface area contributed by atoms with Crippen molar-refractivity contribution in [2.45, 2.75) is 6.54 Å². The summed E-state index contributed by atoms with van der Waals surface area (Å²) in [6.45, 7) is 0.664. The molecule has 1 heterocycles. The number of rotatable bonds is 3. The maximum atomic E-state index is 13.0. The highest BCUT2D eigenvalue weighted by molar-refractivity contribution is 6.31. The van der Waals surface area contributed by atoms with Crippen molar-refractivity contribution in [2.75, 3.05) is 5.32 Å². The van der Waals surface area contributed by atoms with Gasteiger partial charge in [0.05, 0.1) is 5.02 Å². The average Bonchev–Trinajstić information content (AvgIpc) is 2.87. The van der Waals surface area contributed by atoms with Gasteiger partial charge in [-0.2, -0.15) is 0 Å². The van der Waals surface area contributed by atoms with Gasteiger partial charge in [0.25, 0.3) is 0 Å². The lowest BCUT2D eigenvalue weighted by molar-refractivity contribution is 0.628. The highest BCUT2D eigenvalue weighted by atomic mass is 35.5. The molecule has 0 fully saturated rings. The van der Waals surface area contributed by atoms with Crippen LogP contribution in [-0.4, -0.2) is 4.98 Å². The third kappa shape index (κ3) is 2.56. The summed E-state index contributed by atoms with van der Waals surface area (Å²) in [6, 6.07) is 12.9. The van der Waals surface area contributed by atoms with Crippen molar-refractivity contribution < 1.29 is 4.39 Å². The number of H-pyrrole nitrogens is 1. The summed E-state index contributed by atoms with van der Waals surface area (Å²) in [5.41, 5.74) is 3.06. The van der Waals surface area contributed by atoms with Gasteiger partial charge in [-0.15, -0.1) is 0 Å². The molecule has 1 aromatic heterocycles. The number of nitrogens with one attached hydrogen (secondary N) is 2. The molecule has 3 rings (SSSR count). The van der Waals surface area contributed by atoms with E-state index in [0.29, 0.717) is 6.54 Å². The number of aromatic amines is 1. The smallest absolute Gasteiger partial charge is 0.141 e. The highest BCUT2D eigenvalue weighted by Crippen LogP contribution is 2.20. The lowest BCUT2D eigenvalue weighted by atomic mass is 10.1. The summed E-state index contributed by atoms with van der Waals surface area (Å²) in [4.78, 5) is 3.18. The van der Waals surface area contributed by atoms with E-state index < -0.39 is 5.82 Å². The molecule has 2 nitrogen and oxygen atoms in total. The molecule has 0 saturated heterocycles. The molecule has 0 saturated carbocycles. The normalized spacial score (nSPS) is 10.8. The monoisotopic (exact) mass is 274 g/mol. The van der Waals surface area contributed by atoms with Gasteiger partial charge in [-0.1, -0.05) is 23.7 Å². The van der Waals surface area contributed by atoms with Crippen molar-refractivity contribution in [3.05, 3.63) is 65.1 Å². The second kappa shape index (κ2) is 4.94. The van der Waals surface area contributed by atoms with Crippen LogP contribution in [0.25, 0.3) is 10.9 Å². The minimum absolute atomic E-state index is 0.129. The van der Waals surface area contributed by atoms with Crippen molar-refractivity contribution in [3.8, 4) is 0 Å². The third-order valence-corrected chi connectivity index (χ3v) is 3.33. The molecule has 0 unspecified atom stereocenters. The lowest BCUT2D eigenvalue weighted by Crippen LogP contribution is -1.99. The summed E-state index contributed by atoms with van der Waals surface area (Å²) in [5.74, 6) is -0.403. The van der Waals surface area contributed by atoms with E-state index in [2.05, 4.69) is 28.5 Å². The first-order valence-corrected chi connectivity index (χ1v) is 6.35. The standard InChI is InChI=1S/C15H12ClFN2/c16-13-8-12(3-4-14(13)17)19-9-10-1-2-11-5-6-18-15(11)7-10/h1-8,18-19H,9H2. The van der Waals surface area contributed by atoms with Crippen LogP contribution in [0.2, 0.25) is 5.02 Å². The molecule has 4 heteroatoms. The molecule has 3 aromatic rings. The van der Waals surface area contributed by atoms with Crippen molar-refractivity contribution >= 4 is 28.2 Å². The number of hydrogen-bond acceptors (Lipinski definition) is 1. The van der Waals surface area contributed by atoms with Gasteiger partial charge in [0, 0.05) is 23.9 Å². The van der Waals surface area contributed by atoms with Gasteiger partial charge in [0.1, 0.15) is 5.82 Å². The molecule has 2 N–H and O–H groups in total. The van der Waals surface area contributed by atoms with Crippen LogP contribution in [0.4, 0.5) is 10.1 Å². The topological polar surface area (TPSA) is 27.8 Å². The third-order valence-electron chi connectivity index (χ3n) is 3.04. The molecular weight excluding hydrogens is 263 g/mol. The van der Waals surface area contributed by atoms with Crippen LogP contribution in [-0.2, 0) is 6.54 Å². The van der Waals surface area contributed by atoms with E-state index in [1.807, 2.05) is 12.3 Å². The first-order valence-electron chi connectivity index (χ1n) is 5.97. The van der Waals surface area contributed by atoms with Crippen LogP contribution in [0.3, 0.4) is 0 Å². The number of hydrogen-bond donors (Lipinski definition) is 2. The zero-order valence-electron chi connectivity index (χ0n) is 10.1. The Bertz CT molecular complexity index is 721. The van der Waals surface area contributed by atoms with Crippen molar-refractivity contribution in [1.82, 2.24) is 4.98 Å². The van der Waals surface area contributed by atoms with E-state index in [4.69, 9.17) is 11.6 Å². The Balaban J connectivity index is 1.75. The van der Waals surface area contributed by atoms with Crippen molar-refractivity contribution in [2.24, 2.45) is 0 Å². The number of anilines is 1. The number of aromatic nitrogens is 1. The average molecular weight is 275 g/mol. The molecule has 0 spiro atoms. The second-order valence-corrected chi connectivity index (χ2v) is 4.79. The Morgan fingerprint density at radius 2 is 2.00 bits per heavy atom. The van der Waals surface area contributed by atoms with Crippen LogP contribution < -0.4 is 5.32 Å². The van der Waals surface area contributed by atoms with Crippen LogP contribution in [0.5, 0.6) is 0 Å². The molecule has 96 valence electrons. The van der Waals surface area contributed by atoms with Crippen LogP contribution in [0, 0.1) is 5.82 Å². The Morgan fingerprint density at radius 1 is 1.11 bits per heavy atom. The largest absolute Gasteiger partial charge is 0.381 e. The zero-order valence-corrected chi connectivity index (χ0v) is 10.8. The number of halogens is 2. The Hall–Kier alpha value is -2.00. The van der Waals surface area contributed by atoms with Gasteiger partial charge < -0.3 is 10.3 Å². The molecule has 0 bridgehead atoms. The fourth-order valence-corrected chi connectivity index (χ4v) is 2.20. The van der Waals surface area contributed by atoms with Gasteiger partial charge in [0.2, 0.25) is 0 Å². The van der Waals surface area contributed by atoms with Crippen LogP contribution >= 0.6 is 11.6 Å². The van der Waals surface area contributed by atoms with Crippen LogP contribution in [0.15, 0.2) is 48.7 Å². The summed E-state index contributed by atoms with van der Waals surface area (Å²) in [5, 5.41) is 4.54. The second-order valence-electron chi connectivity index (χ2n) is 4.38. The van der Waals surface area contributed by atoms with Crippen LogP contribution in [0.1, 0.15) is 5.56 Å². The Kier molecular flexibility index (Phi) is 3.13. The molecule has 0 aliphatic carbocycles. The van der Waals surface area contributed by atoms with Crippen molar-refractivity contribution in [3.63, 3.8) is 0 Å². The molecule has 0 atom stereocenters. The number of benzene rings is 2. The van der Waals surface area contributed by atoms with Gasteiger partial charge in [-0.3, -0.25) is 0 Å². The fourth-order valence-electron chi connectivity index (χ4n) is 2.02. The van der Waals surface area contributed by atoms with Gasteiger partial charge in [0.15, 0.2) is 0 Å². The molecule has 0 amide bonds. The van der Waals surface area contributed by atoms with E-state index in [1.54, 1.807) is 12.1 Å². The maximum absolute atomic E-state index is 13.0. The van der Waals surface area contributed by atoms with E-state index in [1.165, 1.54) is 11.5 Å². The van der Waals surface area contributed by atoms with E-state index >= 15 is 0 Å².